The third-order valence-electron chi connectivity index (χ3n) is 5.45. The lowest BCUT2D eigenvalue weighted by atomic mass is 10.1. The average Bonchev–Trinajstić information content (AvgIpc) is 2.80. The van der Waals surface area contributed by atoms with Crippen LogP contribution in [0.1, 0.15) is 28.9 Å². The van der Waals surface area contributed by atoms with Gasteiger partial charge in [0.1, 0.15) is 5.56 Å². The monoisotopic (exact) mass is 437 g/mol. The third kappa shape index (κ3) is 4.72. The molecule has 1 aliphatic rings. The molecule has 0 radical (unpaired) electrons. The van der Waals surface area contributed by atoms with Crippen molar-refractivity contribution in [2.75, 3.05) is 36.0 Å². The Bertz CT molecular complexity index is 1110. The first kappa shape index (κ1) is 20.9. The lowest BCUT2D eigenvalue weighted by Gasteiger charge is -2.36. The van der Waals surface area contributed by atoms with Gasteiger partial charge in [-0.1, -0.05) is 54.1 Å². The summed E-state index contributed by atoms with van der Waals surface area (Å²) in [6.45, 7) is 4.76. The molecule has 0 aliphatic carbocycles. The Balaban J connectivity index is 1.40. The van der Waals surface area contributed by atoms with E-state index in [-0.39, 0.29) is 11.6 Å². The van der Waals surface area contributed by atoms with Gasteiger partial charge in [-0.3, -0.25) is 14.6 Å². The second-order valence-corrected chi connectivity index (χ2v) is 7.89. The van der Waals surface area contributed by atoms with Crippen LogP contribution in [0.4, 0.5) is 11.6 Å². The van der Waals surface area contributed by atoms with Crippen LogP contribution in [0, 0.1) is 0 Å². The highest BCUT2D eigenvalue weighted by atomic mass is 35.5. The van der Waals surface area contributed by atoms with E-state index in [1.807, 2.05) is 66.4 Å². The van der Waals surface area contributed by atoms with Crippen LogP contribution < -0.4 is 20.7 Å². The molecule has 1 aromatic heterocycles. The summed E-state index contributed by atoms with van der Waals surface area (Å²) in [5.74, 6) is 0.0247. The highest BCUT2D eigenvalue weighted by Gasteiger charge is 2.22. The maximum atomic E-state index is 12.6. The number of aromatic amines is 1. The van der Waals surface area contributed by atoms with E-state index in [2.05, 4.69) is 20.2 Å². The number of carbonyl (C=O) groups excluding carboxylic acids is 1. The van der Waals surface area contributed by atoms with E-state index in [0.717, 1.165) is 29.4 Å². The van der Waals surface area contributed by atoms with Crippen molar-refractivity contribution in [3.8, 4) is 0 Å². The zero-order valence-electron chi connectivity index (χ0n) is 17.2. The van der Waals surface area contributed by atoms with Crippen molar-refractivity contribution >= 4 is 29.1 Å². The molecule has 1 saturated heterocycles. The predicted octanol–water partition coefficient (Wildman–Crippen LogP) is 3.24. The number of piperazine rings is 1. The van der Waals surface area contributed by atoms with Gasteiger partial charge >= 0.3 is 0 Å². The Kier molecular flexibility index (Phi) is 6.23. The van der Waals surface area contributed by atoms with Crippen LogP contribution in [0.2, 0.25) is 5.02 Å². The van der Waals surface area contributed by atoms with E-state index in [1.54, 1.807) is 0 Å². The van der Waals surface area contributed by atoms with Crippen LogP contribution >= 0.6 is 11.6 Å². The maximum absolute atomic E-state index is 12.6. The van der Waals surface area contributed by atoms with Crippen LogP contribution in [-0.4, -0.2) is 42.1 Å². The van der Waals surface area contributed by atoms with Crippen molar-refractivity contribution in [2.45, 2.75) is 13.0 Å². The fourth-order valence-electron chi connectivity index (χ4n) is 3.67. The summed E-state index contributed by atoms with van der Waals surface area (Å²) in [7, 11) is 0. The highest BCUT2D eigenvalue weighted by molar-refractivity contribution is 6.33. The number of para-hydroxylation sites is 1. The third-order valence-corrected chi connectivity index (χ3v) is 5.77. The fourth-order valence-corrected chi connectivity index (χ4v) is 3.93. The Morgan fingerprint density at radius 1 is 1.03 bits per heavy atom. The van der Waals surface area contributed by atoms with Crippen LogP contribution in [0.25, 0.3) is 0 Å². The molecule has 2 N–H and O–H groups in total. The molecular formula is C23H24ClN5O2. The molecule has 1 aliphatic heterocycles. The normalized spacial score (nSPS) is 14.9. The van der Waals surface area contributed by atoms with Gasteiger partial charge in [-0.25, -0.2) is 4.98 Å². The molecule has 0 bridgehead atoms. The number of nitrogens with zero attached hydrogens (tertiary/aromatic N) is 3. The first-order chi connectivity index (χ1) is 15.0. The minimum Gasteiger partial charge on any atom is -0.367 e. The quantitative estimate of drug-likeness (QED) is 0.640. The molecule has 31 heavy (non-hydrogen) atoms. The second-order valence-electron chi connectivity index (χ2n) is 7.48. The first-order valence-corrected chi connectivity index (χ1v) is 10.6. The number of hydrogen-bond acceptors (Lipinski definition) is 5. The molecule has 7 nitrogen and oxygen atoms in total. The van der Waals surface area contributed by atoms with Gasteiger partial charge in [-0.2, -0.15) is 0 Å². The Morgan fingerprint density at radius 2 is 1.68 bits per heavy atom. The van der Waals surface area contributed by atoms with E-state index in [0.29, 0.717) is 19.0 Å². The number of H-pyrrole nitrogens is 1. The van der Waals surface area contributed by atoms with Gasteiger partial charge in [0.05, 0.1) is 16.8 Å². The van der Waals surface area contributed by atoms with Gasteiger partial charge in [-0.05, 0) is 24.6 Å². The van der Waals surface area contributed by atoms with Crippen LogP contribution in [-0.2, 0) is 0 Å². The van der Waals surface area contributed by atoms with Crippen LogP contribution in [0.15, 0.2) is 65.6 Å². The van der Waals surface area contributed by atoms with Gasteiger partial charge in [-0.15, -0.1) is 0 Å². The Morgan fingerprint density at radius 3 is 2.35 bits per heavy atom. The summed E-state index contributed by atoms with van der Waals surface area (Å²) in [6.07, 6.45) is 1.35. The molecule has 3 aromatic rings. The standard InChI is InChI=1S/C23H24ClN5O2/c1-16(17-7-3-2-4-8-17)26-21(30)18-15-25-23(27-22(18)31)29-13-11-28(12-14-29)20-10-6-5-9-19(20)24/h2-10,15-16H,11-14H2,1H3,(H,26,30)(H,25,27,31). The van der Waals surface area contributed by atoms with E-state index in [1.165, 1.54) is 6.20 Å². The minimum absolute atomic E-state index is 0.00114. The van der Waals surface area contributed by atoms with E-state index < -0.39 is 11.5 Å². The van der Waals surface area contributed by atoms with Gasteiger partial charge in [0, 0.05) is 32.4 Å². The topological polar surface area (TPSA) is 81.3 Å². The van der Waals surface area contributed by atoms with Crippen LogP contribution in [0.5, 0.6) is 0 Å². The zero-order valence-corrected chi connectivity index (χ0v) is 18.0. The van der Waals surface area contributed by atoms with Crippen molar-refractivity contribution in [2.24, 2.45) is 0 Å². The number of hydrogen-bond donors (Lipinski definition) is 2. The number of anilines is 2. The van der Waals surface area contributed by atoms with Gasteiger partial charge in [0.25, 0.3) is 11.5 Å². The molecule has 2 heterocycles. The molecule has 1 atom stereocenters. The highest BCUT2D eigenvalue weighted by Crippen LogP contribution is 2.26. The number of amides is 1. The van der Waals surface area contributed by atoms with Gasteiger partial charge in [0.2, 0.25) is 5.95 Å². The van der Waals surface area contributed by atoms with Crippen molar-refractivity contribution in [3.05, 3.63) is 87.3 Å². The molecule has 4 rings (SSSR count). The van der Waals surface area contributed by atoms with E-state index >= 15 is 0 Å². The number of benzene rings is 2. The molecule has 1 fully saturated rings. The average molecular weight is 438 g/mol. The minimum atomic E-state index is -0.448. The smallest absolute Gasteiger partial charge is 0.265 e. The fraction of sp³-hybridized carbons (Fsp3) is 0.261. The first-order valence-electron chi connectivity index (χ1n) is 10.2. The summed E-state index contributed by atoms with van der Waals surface area (Å²) in [5, 5.41) is 3.57. The Hall–Kier alpha value is -3.32. The summed E-state index contributed by atoms with van der Waals surface area (Å²) in [5.41, 5.74) is 1.52. The molecule has 1 unspecified atom stereocenters. The molecule has 160 valence electrons. The molecular weight excluding hydrogens is 414 g/mol. The van der Waals surface area contributed by atoms with Crippen LogP contribution in [0.3, 0.4) is 0 Å². The molecule has 1 amide bonds. The largest absolute Gasteiger partial charge is 0.367 e. The van der Waals surface area contributed by atoms with Gasteiger partial charge < -0.3 is 15.1 Å². The van der Waals surface area contributed by atoms with Gasteiger partial charge in [0.15, 0.2) is 0 Å². The molecule has 0 saturated carbocycles. The molecule has 8 heteroatoms. The lowest BCUT2D eigenvalue weighted by molar-refractivity contribution is 0.0938. The van der Waals surface area contributed by atoms with Crippen molar-refractivity contribution in [3.63, 3.8) is 0 Å². The SMILES string of the molecule is CC(NC(=O)c1cnc(N2CCN(c3ccccc3Cl)CC2)[nH]c1=O)c1ccccc1. The van der Waals surface area contributed by atoms with Crippen molar-refractivity contribution in [1.82, 2.24) is 15.3 Å². The zero-order chi connectivity index (χ0) is 21.8. The second kappa shape index (κ2) is 9.22. The summed E-state index contributed by atoms with van der Waals surface area (Å²) >= 11 is 6.30. The summed E-state index contributed by atoms with van der Waals surface area (Å²) in [4.78, 5) is 36.4. The number of halogens is 1. The van der Waals surface area contributed by atoms with Crippen molar-refractivity contribution in [1.29, 1.82) is 0 Å². The number of aromatic nitrogens is 2. The maximum Gasteiger partial charge on any atom is 0.265 e. The summed E-state index contributed by atoms with van der Waals surface area (Å²) in [6, 6.07) is 17.1. The Labute approximate surface area is 185 Å². The lowest BCUT2D eigenvalue weighted by Crippen LogP contribution is -2.47. The van der Waals surface area contributed by atoms with E-state index in [9.17, 15) is 9.59 Å². The predicted molar refractivity (Wildman–Crippen MR) is 123 cm³/mol. The number of nitrogens with one attached hydrogen (secondary N) is 2. The summed E-state index contributed by atoms with van der Waals surface area (Å²) < 4.78 is 0. The molecule has 2 aromatic carbocycles. The van der Waals surface area contributed by atoms with E-state index in [4.69, 9.17) is 11.6 Å². The number of rotatable bonds is 5. The van der Waals surface area contributed by atoms with Crippen molar-refractivity contribution < 1.29 is 4.79 Å². The number of carbonyl (C=O) groups is 1. The molecule has 0 spiro atoms.